The van der Waals surface area contributed by atoms with Crippen LogP contribution in [0, 0.1) is 0 Å². The molecule has 2 rings (SSSR count). The van der Waals surface area contributed by atoms with Gasteiger partial charge in [0.1, 0.15) is 5.75 Å². The molecule has 0 aliphatic rings. The number of carbonyl (C=O) groups is 1. The summed E-state index contributed by atoms with van der Waals surface area (Å²) in [4.78, 5) is 16.0. The summed E-state index contributed by atoms with van der Waals surface area (Å²) in [6.07, 6.45) is 3.83. The van der Waals surface area contributed by atoms with Crippen molar-refractivity contribution in [1.82, 2.24) is 4.98 Å². The van der Waals surface area contributed by atoms with Crippen LogP contribution in [-0.4, -0.2) is 17.9 Å². The number of benzene rings is 1. The predicted octanol–water partition coefficient (Wildman–Crippen LogP) is 3.75. The highest BCUT2D eigenvalue weighted by atomic mass is 16.5. The van der Waals surface area contributed by atoms with Gasteiger partial charge >= 0.3 is 0 Å². The Kier molecular flexibility index (Phi) is 4.31. The van der Waals surface area contributed by atoms with Gasteiger partial charge in [0.05, 0.1) is 7.11 Å². The first-order valence-electron chi connectivity index (χ1n) is 6.48. The maximum absolute atomic E-state index is 11.9. The number of Topliss-reactive ketones (excluding diaryl/α,β-unsaturated/α-hetero) is 1. The van der Waals surface area contributed by atoms with Crippen molar-refractivity contribution in [3.8, 4) is 16.9 Å². The minimum atomic E-state index is 0.0298. The number of carbonyl (C=O) groups excluding carboxylic acids is 1. The molecule has 0 N–H and O–H groups in total. The smallest absolute Gasteiger partial charge is 0.162 e. The number of hydrogen-bond donors (Lipinski definition) is 0. The molecule has 0 saturated heterocycles. The van der Waals surface area contributed by atoms with Crippen LogP contribution in [0.4, 0.5) is 0 Å². The van der Waals surface area contributed by atoms with E-state index in [4.69, 9.17) is 4.74 Å². The molecule has 0 spiro atoms. The Balaban J connectivity index is 2.52. The van der Waals surface area contributed by atoms with Gasteiger partial charge in [0.15, 0.2) is 5.78 Å². The van der Waals surface area contributed by atoms with E-state index < -0.39 is 0 Å². The number of pyridine rings is 1. The molecule has 3 nitrogen and oxygen atoms in total. The van der Waals surface area contributed by atoms with Crippen LogP contribution in [0.15, 0.2) is 49.3 Å². The van der Waals surface area contributed by atoms with E-state index in [9.17, 15) is 4.79 Å². The van der Waals surface area contributed by atoms with Gasteiger partial charge in [0.2, 0.25) is 0 Å². The van der Waals surface area contributed by atoms with Crippen LogP contribution in [0.5, 0.6) is 5.75 Å². The van der Waals surface area contributed by atoms with Gasteiger partial charge in [-0.15, -0.1) is 0 Å². The van der Waals surface area contributed by atoms with Crippen LogP contribution in [0.2, 0.25) is 0 Å². The van der Waals surface area contributed by atoms with Gasteiger partial charge in [-0.1, -0.05) is 25.6 Å². The van der Waals surface area contributed by atoms with E-state index >= 15 is 0 Å². The fourth-order valence-corrected chi connectivity index (χ4v) is 2.04. The van der Waals surface area contributed by atoms with Crippen molar-refractivity contribution in [3.63, 3.8) is 0 Å². The minimum absolute atomic E-state index is 0.0298. The van der Waals surface area contributed by atoms with E-state index in [-0.39, 0.29) is 5.78 Å². The fourth-order valence-electron chi connectivity index (χ4n) is 2.04. The Morgan fingerprint density at radius 2 is 2.15 bits per heavy atom. The van der Waals surface area contributed by atoms with Crippen molar-refractivity contribution in [1.29, 1.82) is 0 Å². The Morgan fingerprint density at radius 3 is 2.85 bits per heavy atom. The van der Waals surface area contributed by atoms with Gasteiger partial charge in [0, 0.05) is 30.0 Å². The fraction of sp³-hybridized carbons (Fsp3) is 0.176. The van der Waals surface area contributed by atoms with Crippen LogP contribution >= 0.6 is 0 Å². The van der Waals surface area contributed by atoms with Crippen molar-refractivity contribution < 1.29 is 9.53 Å². The number of rotatable bonds is 5. The first-order valence-corrected chi connectivity index (χ1v) is 6.48. The zero-order valence-corrected chi connectivity index (χ0v) is 11.7. The van der Waals surface area contributed by atoms with E-state index in [0.29, 0.717) is 12.0 Å². The molecule has 0 aliphatic carbocycles. The Bertz CT molecular complexity index is 647. The van der Waals surface area contributed by atoms with Gasteiger partial charge in [-0.2, -0.15) is 0 Å². The number of nitrogens with zero attached hydrogens (tertiary/aromatic N) is 1. The van der Waals surface area contributed by atoms with E-state index in [0.717, 1.165) is 22.4 Å². The second-order valence-corrected chi connectivity index (χ2v) is 4.41. The molecule has 1 aromatic heterocycles. The number of hydrogen-bond acceptors (Lipinski definition) is 3. The number of allylic oxidation sites excluding steroid dienone is 1. The number of ketones is 1. The molecule has 0 unspecified atom stereocenters. The summed E-state index contributed by atoms with van der Waals surface area (Å²) in [5.74, 6) is 0.805. The van der Waals surface area contributed by atoms with Gasteiger partial charge in [-0.05, 0) is 29.3 Å². The molecule has 20 heavy (non-hydrogen) atoms. The third-order valence-corrected chi connectivity index (χ3v) is 3.18. The summed E-state index contributed by atoms with van der Waals surface area (Å²) < 4.78 is 5.24. The topological polar surface area (TPSA) is 39.2 Å². The minimum Gasteiger partial charge on any atom is -0.497 e. The lowest BCUT2D eigenvalue weighted by Crippen LogP contribution is -2.00. The predicted molar refractivity (Wildman–Crippen MR) is 80.6 cm³/mol. The molecule has 0 saturated carbocycles. The first-order chi connectivity index (χ1) is 9.67. The van der Waals surface area contributed by atoms with Crippen LogP contribution in [-0.2, 0) is 4.79 Å². The summed E-state index contributed by atoms with van der Waals surface area (Å²) in [6, 6.07) is 9.60. The van der Waals surface area contributed by atoms with E-state index in [1.807, 2.05) is 37.3 Å². The molecule has 0 bridgehead atoms. The molecule has 2 aromatic rings. The zero-order chi connectivity index (χ0) is 14.5. The van der Waals surface area contributed by atoms with Crippen LogP contribution in [0.25, 0.3) is 16.7 Å². The first kappa shape index (κ1) is 14.0. The highest BCUT2D eigenvalue weighted by molar-refractivity contribution is 6.21. The SMILES string of the molecule is C=C(C(=O)CC)c1cnccc1-c1cccc(OC)c1. The molecular formula is C17H17NO2. The second-order valence-electron chi connectivity index (χ2n) is 4.41. The Morgan fingerprint density at radius 1 is 1.35 bits per heavy atom. The van der Waals surface area contributed by atoms with Gasteiger partial charge in [0.25, 0.3) is 0 Å². The zero-order valence-electron chi connectivity index (χ0n) is 11.7. The average Bonchev–Trinajstić information content (AvgIpc) is 2.53. The van der Waals surface area contributed by atoms with E-state index in [2.05, 4.69) is 11.6 Å². The maximum Gasteiger partial charge on any atom is 0.162 e. The molecule has 0 radical (unpaired) electrons. The summed E-state index contributed by atoms with van der Waals surface area (Å²) in [7, 11) is 1.63. The number of ether oxygens (including phenoxy) is 1. The van der Waals surface area contributed by atoms with Crippen LogP contribution in [0.3, 0.4) is 0 Å². The largest absolute Gasteiger partial charge is 0.497 e. The molecule has 1 aromatic carbocycles. The molecule has 1 heterocycles. The second kappa shape index (κ2) is 6.15. The van der Waals surface area contributed by atoms with Crippen molar-refractivity contribution in [2.45, 2.75) is 13.3 Å². The third kappa shape index (κ3) is 2.77. The number of aromatic nitrogens is 1. The van der Waals surface area contributed by atoms with Crippen molar-refractivity contribution in [2.75, 3.05) is 7.11 Å². The van der Waals surface area contributed by atoms with Gasteiger partial charge in [-0.25, -0.2) is 0 Å². The highest BCUT2D eigenvalue weighted by Crippen LogP contribution is 2.30. The quantitative estimate of drug-likeness (QED) is 0.774. The van der Waals surface area contributed by atoms with Crippen molar-refractivity contribution >= 4 is 11.4 Å². The average molecular weight is 267 g/mol. The third-order valence-electron chi connectivity index (χ3n) is 3.18. The van der Waals surface area contributed by atoms with Crippen LogP contribution < -0.4 is 4.74 Å². The molecule has 0 amide bonds. The normalized spacial score (nSPS) is 10.1. The highest BCUT2D eigenvalue weighted by Gasteiger charge is 2.13. The number of methoxy groups -OCH3 is 1. The van der Waals surface area contributed by atoms with Gasteiger partial charge < -0.3 is 4.74 Å². The molecule has 0 aliphatic heterocycles. The van der Waals surface area contributed by atoms with Crippen LogP contribution in [0.1, 0.15) is 18.9 Å². The van der Waals surface area contributed by atoms with E-state index in [1.54, 1.807) is 19.5 Å². The standard InChI is InChI=1S/C17H17NO2/c1-4-17(19)12(2)16-11-18-9-8-15(16)13-6-5-7-14(10-13)20-3/h5-11H,2,4H2,1,3H3. The van der Waals surface area contributed by atoms with Gasteiger partial charge in [-0.3, -0.25) is 9.78 Å². The molecule has 0 fully saturated rings. The van der Waals surface area contributed by atoms with Crippen molar-refractivity contribution in [3.05, 3.63) is 54.9 Å². The Hall–Kier alpha value is -2.42. The Labute approximate surface area is 118 Å². The molecule has 0 atom stereocenters. The lowest BCUT2D eigenvalue weighted by Gasteiger charge is -2.11. The summed E-state index contributed by atoms with van der Waals surface area (Å²) in [6.45, 7) is 5.73. The molecular weight excluding hydrogens is 250 g/mol. The summed E-state index contributed by atoms with van der Waals surface area (Å²) in [5, 5.41) is 0. The van der Waals surface area contributed by atoms with Crippen molar-refractivity contribution in [2.24, 2.45) is 0 Å². The lowest BCUT2D eigenvalue weighted by atomic mass is 9.94. The molecule has 102 valence electrons. The monoisotopic (exact) mass is 267 g/mol. The summed E-state index contributed by atoms with van der Waals surface area (Å²) >= 11 is 0. The maximum atomic E-state index is 11.9. The summed E-state index contributed by atoms with van der Waals surface area (Å²) in [5.41, 5.74) is 3.18. The lowest BCUT2D eigenvalue weighted by molar-refractivity contribution is -0.113. The van der Waals surface area contributed by atoms with E-state index in [1.165, 1.54) is 0 Å². The molecule has 3 heteroatoms.